The third kappa shape index (κ3) is 3.21. The molecule has 0 aromatic heterocycles. The average molecular weight is 239 g/mol. The second kappa shape index (κ2) is 5.85. The molecule has 2 fully saturated rings. The molecule has 1 amide bonds. The van der Waals surface area contributed by atoms with Crippen molar-refractivity contribution in [1.82, 2.24) is 4.90 Å². The predicted molar refractivity (Wildman–Crippen MR) is 67.7 cm³/mol. The van der Waals surface area contributed by atoms with Gasteiger partial charge in [0.25, 0.3) is 0 Å². The quantitative estimate of drug-likeness (QED) is 0.740. The van der Waals surface area contributed by atoms with Gasteiger partial charge < -0.3 is 9.64 Å². The lowest BCUT2D eigenvalue weighted by Crippen LogP contribution is -2.43. The molecule has 0 spiro atoms. The van der Waals surface area contributed by atoms with Crippen LogP contribution < -0.4 is 0 Å². The number of nitrogens with zero attached hydrogens (tertiary/aromatic N) is 1. The molecule has 0 saturated carbocycles. The molecular weight excluding hydrogens is 214 g/mol. The molecule has 0 aromatic carbocycles. The first-order chi connectivity index (χ1) is 8.18. The number of carbonyl (C=O) groups is 1. The number of rotatable bonds is 2. The van der Waals surface area contributed by atoms with Gasteiger partial charge in [-0.1, -0.05) is 13.8 Å². The van der Waals surface area contributed by atoms with Gasteiger partial charge in [0.1, 0.15) is 0 Å². The first-order valence-electron chi connectivity index (χ1n) is 7.05. The van der Waals surface area contributed by atoms with Crippen molar-refractivity contribution in [3.63, 3.8) is 0 Å². The van der Waals surface area contributed by atoms with Crippen molar-refractivity contribution < 1.29 is 9.53 Å². The monoisotopic (exact) mass is 239 g/mol. The molecule has 0 atom stereocenters. The summed E-state index contributed by atoms with van der Waals surface area (Å²) in [6.07, 6.45) is 4.21. The summed E-state index contributed by atoms with van der Waals surface area (Å²) in [5.74, 6) is 2.19. The average Bonchev–Trinajstić information content (AvgIpc) is 2.39. The van der Waals surface area contributed by atoms with Gasteiger partial charge in [-0.3, -0.25) is 4.79 Å². The van der Waals surface area contributed by atoms with Gasteiger partial charge in [0.2, 0.25) is 5.91 Å². The SMILES string of the molecule is CC(C)C1CCN(C(=O)C2CCOCC2)CC1. The number of hydrogen-bond donors (Lipinski definition) is 0. The molecule has 98 valence electrons. The van der Waals surface area contributed by atoms with Crippen LogP contribution in [-0.2, 0) is 9.53 Å². The Hall–Kier alpha value is -0.570. The summed E-state index contributed by atoms with van der Waals surface area (Å²) >= 11 is 0. The summed E-state index contributed by atoms with van der Waals surface area (Å²) in [6, 6.07) is 0. The third-order valence-corrected chi connectivity index (χ3v) is 4.36. The van der Waals surface area contributed by atoms with Crippen LogP contribution in [0.25, 0.3) is 0 Å². The summed E-state index contributed by atoms with van der Waals surface area (Å²) in [6.45, 7) is 8.05. The van der Waals surface area contributed by atoms with Crippen LogP contribution in [0.5, 0.6) is 0 Å². The van der Waals surface area contributed by atoms with E-state index in [1.54, 1.807) is 0 Å². The number of hydrogen-bond acceptors (Lipinski definition) is 2. The van der Waals surface area contributed by atoms with Gasteiger partial charge in [-0.15, -0.1) is 0 Å². The summed E-state index contributed by atoms with van der Waals surface area (Å²) in [4.78, 5) is 14.4. The van der Waals surface area contributed by atoms with Crippen LogP contribution in [0, 0.1) is 17.8 Å². The second-order valence-corrected chi connectivity index (χ2v) is 5.79. The van der Waals surface area contributed by atoms with Crippen molar-refractivity contribution in [2.24, 2.45) is 17.8 Å². The zero-order valence-electron chi connectivity index (χ0n) is 11.2. The highest BCUT2D eigenvalue weighted by Gasteiger charge is 2.29. The van der Waals surface area contributed by atoms with Gasteiger partial charge in [0.05, 0.1) is 0 Å². The highest BCUT2D eigenvalue weighted by atomic mass is 16.5. The van der Waals surface area contributed by atoms with Gasteiger partial charge in [0, 0.05) is 32.2 Å². The van der Waals surface area contributed by atoms with Crippen LogP contribution in [0.3, 0.4) is 0 Å². The van der Waals surface area contributed by atoms with E-state index in [0.717, 1.165) is 51.0 Å². The Kier molecular flexibility index (Phi) is 4.43. The van der Waals surface area contributed by atoms with Crippen molar-refractivity contribution in [2.75, 3.05) is 26.3 Å². The molecular formula is C14H25NO2. The lowest BCUT2D eigenvalue weighted by molar-refractivity contribution is -0.140. The van der Waals surface area contributed by atoms with E-state index in [1.807, 2.05) is 0 Å². The standard InChI is InChI=1S/C14H25NO2/c1-11(2)12-3-7-15(8-4-12)14(16)13-5-9-17-10-6-13/h11-13H,3-10H2,1-2H3. The van der Waals surface area contributed by atoms with Crippen LogP contribution in [0.4, 0.5) is 0 Å². The maximum atomic E-state index is 12.3. The van der Waals surface area contributed by atoms with E-state index in [1.165, 1.54) is 12.8 Å². The van der Waals surface area contributed by atoms with Crippen molar-refractivity contribution in [3.8, 4) is 0 Å². The first kappa shape index (κ1) is 12.9. The minimum atomic E-state index is 0.236. The molecule has 2 rings (SSSR count). The minimum Gasteiger partial charge on any atom is -0.381 e. The Morgan fingerprint density at radius 3 is 2.24 bits per heavy atom. The Balaban J connectivity index is 1.81. The Labute approximate surface area is 105 Å². The van der Waals surface area contributed by atoms with Crippen LogP contribution in [-0.4, -0.2) is 37.1 Å². The molecule has 2 aliphatic heterocycles. The number of amides is 1. The largest absolute Gasteiger partial charge is 0.381 e. The molecule has 0 radical (unpaired) electrons. The topological polar surface area (TPSA) is 29.5 Å². The highest BCUT2D eigenvalue weighted by Crippen LogP contribution is 2.26. The maximum absolute atomic E-state index is 12.3. The van der Waals surface area contributed by atoms with Gasteiger partial charge in [-0.05, 0) is 37.5 Å². The molecule has 0 aliphatic carbocycles. The molecule has 0 N–H and O–H groups in total. The molecule has 2 saturated heterocycles. The van der Waals surface area contributed by atoms with E-state index in [0.29, 0.717) is 5.91 Å². The van der Waals surface area contributed by atoms with Crippen LogP contribution in [0.2, 0.25) is 0 Å². The molecule has 0 aromatic rings. The molecule has 3 heteroatoms. The zero-order chi connectivity index (χ0) is 12.3. The lowest BCUT2D eigenvalue weighted by Gasteiger charge is -2.36. The summed E-state index contributed by atoms with van der Waals surface area (Å²) < 4.78 is 5.31. The van der Waals surface area contributed by atoms with Crippen molar-refractivity contribution in [1.29, 1.82) is 0 Å². The minimum absolute atomic E-state index is 0.236. The highest BCUT2D eigenvalue weighted by molar-refractivity contribution is 5.79. The molecule has 0 bridgehead atoms. The van der Waals surface area contributed by atoms with Crippen LogP contribution >= 0.6 is 0 Å². The van der Waals surface area contributed by atoms with E-state index in [4.69, 9.17) is 4.74 Å². The molecule has 0 unspecified atom stereocenters. The first-order valence-corrected chi connectivity index (χ1v) is 7.05. The smallest absolute Gasteiger partial charge is 0.225 e. The Bertz CT molecular complexity index is 251. The Morgan fingerprint density at radius 1 is 1.12 bits per heavy atom. The van der Waals surface area contributed by atoms with E-state index >= 15 is 0 Å². The Morgan fingerprint density at radius 2 is 1.71 bits per heavy atom. The van der Waals surface area contributed by atoms with Crippen LogP contribution in [0.15, 0.2) is 0 Å². The number of likely N-dealkylation sites (tertiary alicyclic amines) is 1. The van der Waals surface area contributed by atoms with Crippen molar-refractivity contribution >= 4 is 5.91 Å². The third-order valence-electron chi connectivity index (χ3n) is 4.36. The second-order valence-electron chi connectivity index (χ2n) is 5.79. The van der Waals surface area contributed by atoms with E-state index < -0.39 is 0 Å². The van der Waals surface area contributed by atoms with Crippen molar-refractivity contribution in [2.45, 2.75) is 39.5 Å². The maximum Gasteiger partial charge on any atom is 0.225 e. The van der Waals surface area contributed by atoms with Gasteiger partial charge in [-0.25, -0.2) is 0 Å². The molecule has 3 nitrogen and oxygen atoms in total. The zero-order valence-corrected chi connectivity index (χ0v) is 11.2. The predicted octanol–water partition coefficient (Wildman–Crippen LogP) is 2.31. The normalized spacial score (nSPS) is 24.3. The van der Waals surface area contributed by atoms with E-state index in [2.05, 4.69) is 18.7 Å². The summed E-state index contributed by atoms with van der Waals surface area (Å²) in [5, 5.41) is 0. The summed E-state index contributed by atoms with van der Waals surface area (Å²) in [7, 11) is 0. The van der Waals surface area contributed by atoms with Gasteiger partial charge in [-0.2, -0.15) is 0 Å². The fraction of sp³-hybridized carbons (Fsp3) is 0.929. The van der Waals surface area contributed by atoms with E-state index in [-0.39, 0.29) is 5.92 Å². The fourth-order valence-electron chi connectivity index (χ4n) is 2.99. The number of carbonyl (C=O) groups excluding carboxylic acids is 1. The van der Waals surface area contributed by atoms with Crippen LogP contribution in [0.1, 0.15) is 39.5 Å². The van der Waals surface area contributed by atoms with Gasteiger partial charge >= 0.3 is 0 Å². The number of piperidine rings is 1. The fourth-order valence-corrected chi connectivity index (χ4v) is 2.99. The van der Waals surface area contributed by atoms with Gasteiger partial charge in [0.15, 0.2) is 0 Å². The van der Waals surface area contributed by atoms with Crippen molar-refractivity contribution in [3.05, 3.63) is 0 Å². The lowest BCUT2D eigenvalue weighted by atomic mass is 9.86. The molecule has 2 aliphatic rings. The molecule has 2 heterocycles. The van der Waals surface area contributed by atoms with E-state index in [9.17, 15) is 4.79 Å². The summed E-state index contributed by atoms with van der Waals surface area (Å²) in [5.41, 5.74) is 0. The number of ether oxygens (including phenoxy) is 1. The molecule has 17 heavy (non-hydrogen) atoms.